The van der Waals surface area contributed by atoms with Gasteiger partial charge in [-0.1, -0.05) is 29.8 Å². The number of fused-ring (bicyclic) bond motifs is 3. The van der Waals surface area contributed by atoms with E-state index in [2.05, 4.69) is 34.6 Å². The summed E-state index contributed by atoms with van der Waals surface area (Å²) >= 11 is 6.42. The summed E-state index contributed by atoms with van der Waals surface area (Å²) in [6, 6.07) is 14.6. The molecule has 0 bridgehead atoms. The largest absolute Gasteiger partial charge is 0.497 e. The van der Waals surface area contributed by atoms with Crippen LogP contribution in [0.4, 0.5) is 0 Å². The minimum atomic E-state index is 0.232. The molecule has 0 radical (unpaired) electrons. The van der Waals surface area contributed by atoms with E-state index in [1.54, 1.807) is 7.11 Å². The second-order valence-corrected chi connectivity index (χ2v) is 6.11. The standard InChI is InChI=1S/C18H17ClN2O/c1-22-11-6-7-16-14(10-11)12-8-9-20-17(18(12)21-16)13-4-2-3-5-15(13)19/h2-7,10,17,20-21H,8-9H2,1H3/p+1. The third-order valence-corrected chi connectivity index (χ3v) is 4.84. The molecule has 0 saturated heterocycles. The molecule has 1 aliphatic heterocycles. The molecule has 0 fully saturated rings. The molecule has 4 rings (SSSR count). The van der Waals surface area contributed by atoms with Gasteiger partial charge < -0.3 is 15.0 Å². The van der Waals surface area contributed by atoms with Crippen molar-refractivity contribution in [3.05, 3.63) is 64.3 Å². The molecular formula is C18H18ClN2O+. The van der Waals surface area contributed by atoms with E-state index in [-0.39, 0.29) is 6.04 Å². The lowest BCUT2D eigenvalue weighted by molar-refractivity contribution is -0.690. The van der Waals surface area contributed by atoms with Crippen LogP contribution in [0.15, 0.2) is 42.5 Å². The molecule has 3 nitrogen and oxygen atoms in total. The van der Waals surface area contributed by atoms with Gasteiger partial charge in [-0.3, -0.25) is 0 Å². The number of nitrogens with one attached hydrogen (secondary N) is 1. The molecule has 112 valence electrons. The summed E-state index contributed by atoms with van der Waals surface area (Å²) in [5.74, 6) is 0.901. The number of hydrogen-bond donors (Lipinski definition) is 2. The predicted molar refractivity (Wildman–Crippen MR) is 88.6 cm³/mol. The quantitative estimate of drug-likeness (QED) is 0.750. The maximum absolute atomic E-state index is 6.42. The average Bonchev–Trinajstić information content (AvgIpc) is 2.93. The first-order chi connectivity index (χ1) is 10.8. The number of aromatic amines is 1. The Hall–Kier alpha value is -1.97. The van der Waals surface area contributed by atoms with Gasteiger partial charge in [0.1, 0.15) is 5.75 Å². The highest BCUT2D eigenvalue weighted by atomic mass is 35.5. The Morgan fingerprint density at radius 2 is 2.09 bits per heavy atom. The summed E-state index contributed by atoms with van der Waals surface area (Å²) in [5.41, 5.74) is 4.99. The van der Waals surface area contributed by atoms with E-state index in [1.165, 1.54) is 22.2 Å². The number of hydrogen-bond acceptors (Lipinski definition) is 1. The smallest absolute Gasteiger partial charge is 0.154 e. The van der Waals surface area contributed by atoms with Crippen LogP contribution < -0.4 is 10.1 Å². The second-order valence-electron chi connectivity index (χ2n) is 5.70. The molecule has 22 heavy (non-hydrogen) atoms. The fourth-order valence-corrected chi connectivity index (χ4v) is 3.68. The number of ether oxygens (including phenoxy) is 1. The van der Waals surface area contributed by atoms with Gasteiger partial charge in [-0.2, -0.15) is 0 Å². The zero-order chi connectivity index (χ0) is 15.1. The lowest BCUT2D eigenvalue weighted by Gasteiger charge is -2.22. The highest BCUT2D eigenvalue weighted by Gasteiger charge is 2.29. The van der Waals surface area contributed by atoms with E-state index >= 15 is 0 Å². The number of aromatic nitrogens is 1. The molecule has 0 saturated carbocycles. The molecule has 1 aromatic heterocycles. The van der Waals surface area contributed by atoms with Crippen LogP contribution in [-0.2, 0) is 6.42 Å². The first-order valence-electron chi connectivity index (χ1n) is 7.54. The van der Waals surface area contributed by atoms with E-state index in [4.69, 9.17) is 16.3 Å². The van der Waals surface area contributed by atoms with Crippen molar-refractivity contribution in [3.8, 4) is 5.75 Å². The zero-order valence-corrected chi connectivity index (χ0v) is 13.2. The van der Waals surface area contributed by atoms with E-state index in [1.807, 2.05) is 18.2 Å². The SMILES string of the molecule is COc1ccc2[nH]c3c(c2c1)CC[NH2+]C3c1ccccc1Cl. The summed E-state index contributed by atoms with van der Waals surface area (Å²) in [4.78, 5) is 3.60. The fraction of sp³-hybridized carbons (Fsp3) is 0.222. The summed E-state index contributed by atoms with van der Waals surface area (Å²) in [6.07, 6.45) is 1.06. The van der Waals surface area contributed by atoms with Gasteiger partial charge in [0.2, 0.25) is 0 Å². The van der Waals surface area contributed by atoms with Crippen LogP contribution in [-0.4, -0.2) is 18.6 Å². The predicted octanol–water partition coefficient (Wildman–Crippen LogP) is 3.04. The molecule has 1 aliphatic rings. The van der Waals surface area contributed by atoms with Crippen molar-refractivity contribution >= 4 is 22.5 Å². The number of benzene rings is 2. The molecule has 3 N–H and O–H groups in total. The Labute approximate surface area is 134 Å². The van der Waals surface area contributed by atoms with Crippen LogP contribution in [0.25, 0.3) is 10.9 Å². The summed E-state index contributed by atoms with van der Waals surface area (Å²) in [7, 11) is 1.71. The van der Waals surface area contributed by atoms with Gasteiger partial charge in [-0.15, -0.1) is 0 Å². The summed E-state index contributed by atoms with van der Waals surface area (Å²) in [6.45, 7) is 1.06. The lowest BCUT2D eigenvalue weighted by atomic mass is 9.94. The fourth-order valence-electron chi connectivity index (χ4n) is 3.43. The summed E-state index contributed by atoms with van der Waals surface area (Å²) in [5, 5.41) is 4.45. The number of halogens is 1. The number of rotatable bonds is 2. The normalized spacial score (nSPS) is 17.5. The van der Waals surface area contributed by atoms with Crippen molar-refractivity contribution < 1.29 is 10.1 Å². The second kappa shape index (κ2) is 5.34. The minimum Gasteiger partial charge on any atom is -0.497 e. The van der Waals surface area contributed by atoms with Crippen molar-refractivity contribution in [1.29, 1.82) is 0 Å². The van der Waals surface area contributed by atoms with Gasteiger partial charge >= 0.3 is 0 Å². The van der Waals surface area contributed by atoms with E-state index in [9.17, 15) is 0 Å². The molecule has 1 atom stereocenters. The van der Waals surface area contributed by atoms with Gasteiger partial charge in [0, 0.05) is 22.9 Å². The van der Waals surface area contributed by atoms with Gasteiger partial charge in [-0.25, -0.2) is 0 Å². The van der Waals surface area contributed by atoms with Gasteiger partial charge in [0.25, 0.3) is 0 Å². The van der Waals surface area contributed by atoms with Gasteiger partial charge in [-0.05, 0) is 29.8 Å². The van der Waals surface area contributed by atoms with Gasteiger partial charge in [0.15, 0.2) is 6.04 Å². The average molecular weight is 314 g/mol. The van der Waals surface area contributed by atoms with Crippen molar-refractivity contribution in [2.45, 2.75) is 12.5 Å². The van der Waals surface area contributed by atoms with Gasteiger partial charge in [0.05, 0.1) is 24.4 Å². The Bertz CT molecular complexity index is 840. The molecule has 2 heterocycles. The minimum absolute atomic E-state index is 0.232. The Kier molecular flexibility index (Phi) is 3.32. The lowest BCUT2D eigenvalue weighted by Crippen LogP contribution is -2.87. The number of methoxy groups -OCH3 is 1. The summed E-state index contributed by atoms with van der Waals surface area (Å²) < 4.78 is 5.37. The maximum Gasteiger partial charge on any atom is 0.154 e. The number of H-pyrrole nitrogens is 1. The first kappa shape index (κ1) is 13.7. The molecule has 0 amide bonds. The Balaban J connectivity index is 1.90. The van der Waals surface area contributed by atoms with Crippen molar-refractivity contribution in [2.24, 2.45) is 0 Å². The van der Waals surface area contributed by atoms with Crippen molar-refractivity contribution in [3.63, 3.8) is 0 Å². The third-order valence-electron chi connectivity index (χ3n) is 4.49. The molecule has 2 aromatic carbocycles. The zero-order valence-electron chi connectivity index (χ0n) is 12.4. The van der Waals surface area contributed by atoms with E-state index < -0.39 is 0 Å². The number of nitrogens with two attached hydrogens (primary N) is 1. The number of quaternary nitrogens is 1. The van der Waals surface area contributed by atoms with Crippen LogP contribution in [0.5, 0.6) is 5.75 Å². The van der Waals surface area contributed by atoms with Crippen molar-refractivity contribution in [2.75, 3.05) is 13.7 Å². The highest BCUT2D eigenvalue weighted by Crippen LogP contribution is 2.34. The molecule has 4 heteroatoms. The van der Waals surface area contributed by atoms with Crippen molar-refractivity contribution in [1.82, 2.24) is 4.98 Å². The van der Waals surface area contributed by atoms with E-state index in [0.29, 0.717) is 0 Å². The van der Waals surface area contributed by atoms with Crippen LogP contribution in [0, 0.1) is 0 Å². The maximum atomic E-state index is 6.42. The molecule has 3 aromatic rings. The topological polar surface area (TPSA) is 41.6 Å². The van der Waals surface area contributed by atoms with Crippen LogP contribution in [0.3, 0.4) is 0 Å². The van der Waals surface area contributed by atoms with Crippen LogP contribution in [0.1, 0.15) is 22.9 Å². The third kappa shape index (κ3) is 2.09. The molecule has 1 unspecified atom stereocenters. The monoisotopic (exact) mass is 313 g/mol. The molecule has 0 spiro atoms. The van der Waals surface area contributed by atoms with E-state index in [0.717, 1.165) is 29.3 Å². The highest BCUT2D eigenvalue weighted by molar-refractivity contribution is 6.31. The van der Waals surface area contributed by atoms with Crippen LogP contribution >= 0.6 is 11.6 Å². The van der Waals surface area contributed by atoms with Crippen LogP contribution in [0.2, 0.25) is 5.02 Å². The Morgan fingerprint density at radius 3 is 2.91 bits per heavy atom. The Morgan fingerprint density at radius 1 is 1.23 bits per heavy atom. The first-order valence-corrected chi connectivity index (χ1v) is 7.92. The molecular weight excluding hydrogens is 296 g/mol. The molecule has 0 aliphatic carbocycles.